The normalized spacial score (nSPS) is 11.7. The van der Waals surface area contributed by atoms with E-state index in [9.17, 15) is 9.59 Å². The molecule has 1 atom stereocenters. The molecule has 0 amide bonds. The van der Waals surface area contributed by atoms with Gasteiger partial charge in [0.2, 0.25) is 0 Å². The number of ether oxygens (including phenoxy) is 2. The van der Waals surface area contributed by atoms with Crippen LogP contribution >= 0.6 is 27.5 Å². The van der Waals surface area contributed by atoms with Crippen molar-refractivity contribution in [2.24, 2.45) is 0 Å². The number of rotatable bonds is 5. The Bertz CT molecular complexity index is 422. The molecule has 0 radical (unpaired) electrons. The minimum absolute atomic E-state index is 0.0901. The molecule has 0 aliphatic rings. The van der Waals surface area contributed by atoms with Gasteiger partial charge in [0.25, 0.3) is 0 Å². The number of carbonyl (C=O) groups excluding carboxylic acids is 2. The van der Waals surface area contributed by atoms with E-state index in [-0.39, 0.29) is 6.61 Å². The number of benzene rings is 1. The fourth-order valence-electron chi connectivity index (χ4n) is 1.07. The van der Waals surface area contributed by atoms with Crippen LogP contribution in [0.3, 0.4) is 0 Å². The molecule has 92 valence electrons. The quantitative estimate of drug-likeness (QED) is 0.475. The molecule has 0 aliphatic heterocycles. The summed E-state index contributed by atoms with van der Waals surface area (Å²) in [5.41, 5.74) is 0.464. The van der Waals surface area contributed by atoms with Crippen molar-refractivity contribution < 1.29 is 19.1 Å². The summed E-state index contributed by atoms with van der Waals surface area (Å²) < 4.78 is 9.85. The maximum atomic E-state index is 11.1. The van der Waals surface area contributed by atoms with Gasteiger partial charge in [-0.2, -0.15) is 0 Å². The van der Waals surface area contributed by atoms with E-state index in [1.165, 1.54) is 13.2 Å². The lowest BCUT2D eigenvalue weighted by molar-refractivity contribution is -0.140. The number of halogens is 2. The standard InChI is InChI=1S/C11H10BrClO4/c1-16-11(15)8(12)6-17-10-3-2-7(5-14)4-9(10)13/h2-5,8H,6H2,1H3. The molecule has 17 heavy (non-hydrogen) atoms. The topological polar surface area (TPSA) is 52.6 Å². The number of hydrogen-bond acceptors (Lipinski definition) is 4. The van der Waals surface area contributed by atoms with Crippen molar-refractivity contribution in [1.29, 1.82) is 0 Å². The van der Waals surface area contributed by atoms with Crippen LogP contribution in [0.25, 0.3) is 0 Å². The van der Waals surface area contributed by atoms with Gasteiger partial charge in [0.15, 0.2) is 0 Å². The third kappa shape index (κ3) is 4.02. The van der Waals surface area contributed by atoms with E-state index in [2.05, 4.69) is 20.7 Å². The van der Waals surface area contributed by atoms with Gasteiger partial charge < -0.3 is 9.47 Å². The fraction of sp³-hybridized carbons (Fsp3) is 0.273. The molecule has 0 saturated carbocycles. The third-order valence-electron chi connectivity index (χ3n) is 1.93. The second kappa shape index (κ2) is 6.61. The van der Waals surface area contributed by atoms with Gasteiger partial charge in [-0.3, -0.25) is 9.59 Å². The number of aldehydes is 1. The van der Waals surface area contributed by atoms with Gasteiger partial charge in [-0.25, -0.2) is 0 Å². The zero-order chi connectivity index (χ0) is 12.8. The van der Waals surface area contributed by atoms with Crippen molar-refractivity contribution in [1.82, 2.24) is 0 Å². The molecule has 6 heteroatoms. The molecule has 1 unspecified atom stereocenters. The summed E-state index contributed by atoms with van der Waals surface area (Å²) in [6.07, 6.45) is 0.692. The molecule has 0 saturated heterocycles. The molecule has 0 spiro atoms. The summed E-state index contributed by atoms with van der Waals surface area (Å²) in [7, 11) is 1.29. The van der Waals surface area contributed by atoms with Crippen LogP contribution in [0.5, 0.6) is 5.75 Å². The first-order chi connectivity index (χ1) is 8.08. The maximum Gasteiger partial charge on any atom is 0.322 e. The average molecular weight is 322 g/mol. The van der Waals surface area contributed by atoms with E-state index in [1.54, 1.807) is 12.1 Å². The number of methoxy groups -OCH3 is 1. The van der Waals surface area contributed by atoms with Gasteiger partial charge in [0.05, 0.1) is 12.1 Å². The second-order valence-corrected chi connectivity index (χ2v) is 4.62. The Hall–Kier alpha value is -1.07. The minimum atomic E-state index is -0.561. The number of carbonyl (C=O) groups is 2. The Morgan fingerprint density at radius 3 is 2.82 bits per heavy atom. The largest absolute Gasteiger partial charge is 0.490 e. The molecule has 0 aromatic heterocycles. The third-order valence-corrected chi connectivity index (χ3v) is 2.87. The molecule has 1 aromatic rings. The molecule has 0 N–H and O–H groups in total. The van der Waals surface area contributed by atoms with Crippen LogP contribution in [0.15, 0.2) is 18.2 Å². The van der Waals surface area contributed by atoms with Crippen molar-refractivity contribution >= 4 is 39.8 Å². The number of hydrogen-bond donors (Lipinski definition) is 0. The Labute approximate surface area is 112 Å². The van der Waals surface area contributed by atoms with Gasteiger partial charge in [-0.15, -0.1) is 0 Å². The summed E-state index contributed by atoms with van der Waals surface area (Å²) in [5.74, 6) is -0.0174. The lowest BCUT2D eigenvalue weighted by atomic mass is 10.2. The zero-order valence-electron chi connectivity index (χ0n) is 8.98. The van der Waals surface area contributed by atoms with Gasteiger partial charge in [0.1, 0.15) is 23.5 Å². The molecule has 0 bridgehead atoms. The predicted octanol–water partition coefficient (Wildman–Crippen LogP) is 2.47. The molecule has 0 heterocycles. The van der Waals surface area contributed by atoms with Crippen molar-refractivity contribution in [3.8, 4) is 5.75 Å². The van der Waals surface area contributed by atoms with E-state index >= 15 is 0 Å². The van der Waals surface area contributed by atoms with Crippen LogP contribution in [0.1, 0.15) is 10.4 Å². The Kier molecular flexibility index (Phi) is 5.44. The second-order valence-electron chi connectivity index (χ2n) is 3.11. The fourth-order valence-corrected chi connectivity index (χ4v) is 1.63. The Balaban J connectivity index is 2.63. The first-order valence-electron chi connectivity index (χ1n) is 4.68. The van der Waals surface area contributed by atoms with Crippen molar-refractivity contribution in [3.63, 3.8) is 0 Å². The van der Waals surface area contributed by atoms with Crippen LogP contribution < -0.4 is 4.74 Å². The highest BCUT2D eigenvalue weighted by Crippen LogP contribution is 2.25. The van der Waals surface area contributed by atoms with Crippen LogP contribution in [-0.4, -0.2) is 30.8 Å². The van der Waals surface area contributed by atoms with Gasteiger partial charge in [-0.05, 0) is 18.2 Å². The maximum absolute atomic E-state index is 11.1. The Morgan fingerprint density at radius 1 is 1.59 bits per heavy atom. The first-order valence-corrected chi connectivity index (χ1v) is 5.97. The molecule has 1 aromatic carbocycles. The lowest BCUT2D eigenvalue weighted by Crippen LogP contribution is -2.23. The van der Waals surface area contributed by atoms with E-state index in [0.717, 1.165) is 0 Å². The molecule has 1 rings (SSSR count). The van der Waals surface area contributed by atoms with Crippen LogP contribution in [0.4, 0.5) is 0 Å². The van der Waals surface area contributed by atoms with Gasteiger partial charge in [-0.1, -0.05) is 27.5 Å². The lowest BCUT2D eigenvalue weighted by Gasteiger charge is -2.11. The summed E-state index contributed by atoms with van der Waals surface area (Å²) in [5, 5.41) is 0.319. The monoisotopic (exact) mass is 320 g/mol. The average Bonchev–Trinajstić information content (AvgIpc) is 2.35. The Morgan fingerprint density at radius 2 is 2.29 bits per heavy atom. The molecular formula is C11H10BrClO4. The van der Waals surface area contributed by atoms with Crippen LogP contribution in [0, 0.1) is 0 Å². The highest BCUT2D eigenvalue weighted by atomic mass is 79.9. The molecular weight excluding hydrogens is 311 g/mol. The summed E-state index contributed by atoms with van der Waals surface area (Å²) in [6.45, 7) is 0.0901. The van der Waals surface area contributed by atoms with Crippen molar-refractivity contribution in [3.05, 3.63) is 28.8 Å². The van der Waals surface area contributed by atoms with Gasteiger partial charge >= 0.3 is 5.97 Å². The van der Waals surface area contributed by atoms with E-state index in [0.29, 0.717) is 22.6 Å². The SMILES string of the molecule is COC(=O)C(Br)COc1ccc(C=O)cc1Cl. The van der Waals surface area contributed by atoms with Crippen LogP contribution in [0.2, 0.25) is 5.02 Å². The highest BCUT2D eigenvalue weighted by molar-refractivity contribution is 9.10. The molecule has 4 nitrogen and oxygen atoms in total. The van der Waals surface area contributed by atoms with E-state index in [4.69, 9.17) is 16.3 Å². The van der Waals surface area contributed by atoms with Crippen molar-refractivity contribution in [2.45, 2.75) is 4.83 Å². The molecule has 0 aliphatic carbocycles. The first kappa shape index (κ1) is 14.0. The minimum Gasteiger partial charge on any atom is -0.490 e. The van der Waals surface area contributed by atoms with Crippen molar-refractivity contribution in [2.75, 3.05) is 13.7 Å². The zero-order valence-corrected chi connectivity index (χ0v) is 11.3. The highest BCUT2D eigenvalue weighted by Gasteiger charge is 2.16. The smallest absolute Gasteiger partial charge is 0.322 e. The molecule has 0 fully saturated rings. The number of alkyl halides is 1. The van der Waals surface area contributed by atoms with Crippen LogP contribution in [-0.2, 0) is 9.53 Å². The van der Waals surface area contributed by atoms with E-state index in [1.807, 2.05) is 0 Å². The predicted molar refractivity (Wildman–Crippen MR) is 67.1 cm³/mol. The van der Waals surface area contributed by atoms with Gasteiger partial charge in [0, 0.05) is 5.56 Å². The summed E-state index contributed by atoms with van der Waals surface area (Å²) in [6, 6.07) is 4.64. The number of esters is 1. The van der Waals surface area contributed by atoms with E-state index < -0.39 is 10.8 Å². The summed E-state index contributed by atoms with van der Waals surface area (Å²) in [4.78, 5) is 21.0. The summed E-state index contributed by atoms with van der Waals surface area (Å²) >= 11 is 9.00.